The van der Waals surface area contributed by atoms with Crippen molar-refractivity contribution in [3.05, 3.63) is 65.4 Å². The van der Waals surface area contributed by atoms with E-state index in [1.165, 1.54) is 0 Å². The van der Waals surface area contributed by atoms with Crippen molar-refractivity contribution in [2.45, 2.75) is 70.9 Å². The fraction of sp³-hybridized carbons (Fsp3) is 0.419. The lowest BCUT2D eigenvalue weighted by Gasteiger charge is -2.26. The van der Waals surface area contributed by atoms with Gasteiger partial charge in [0.2, 0.25) is 5.91 Å². The number of benzene rings is 2. The van der Waals surface area contributed by atoms with E-state index in [-0.39, 0.29) is 24.7 Å². The molecule has 0 saturated carbocycles. The van der Waals surface area contributed by atoms with E-state index >= 15 is 0 Å². The Labute approximate surface area is 234 Å². The number of ether oxygens (including phenoxy) is 2. The summed E-state index contributed by atoms with van der Waals surface area (Å²) in [5.74, 6) is 0.0146. The molecule has 3 amide bonds. The van der Waals surface area contributed by atoms with Crippen LogP contribution >= 0.6 is 0 Å². The molecule has 1 saturated heterocycles. The van der Waals surface area contributed by atoms with Gasteiger partial charge < -0.3 is 24.6 Å². The lowest BCUT2D eigenvalue weighted by molar-refractivity contribution is -0.135. The summed E-state index contributed by atoms with van der Waals surface area (Å²) in [5.41, 5.74) is 3.56. The number of aryl methyl sites for hydroxylation is 1. The van der Waals surface area contributed by atoms with Crippen molar-refractivity contribution >= 4 is 34.6 Å². The van der Waals surface area contributed by atoms with Gasteiger partial charge in [0.25, 0.3) is 5.91 Å². The third-order valence-electron chi connectivity index (χ3n) is 7.33. The highest BCUT2D eigenvalue weighted by atomic mass is 16.6. The molecule has 1 fully saturated rings. The summed E-state index contributed by atoms with van der Waals surface area (Å²) in [6.07, 6.45) is 2.73. The highest BCUT2D eigenvalue weighted by Crippen LogP contribution is 2.27. The predicted molar refractivity (Wildman–Crippen MR) is 151 cm³/mol. The van der Waals surface area contributed by atoms with Crippen molar-refractivity contribution in [2.24, 2.45) is 0 Å². The Balaban J connectivity index is 1.50. The summed E-state index contributed by atoms with van der Waals surface area (Å²) in [7, 11) is 1.59. The molecule has 0 unspecified atom stereocenters. The number of imide groups is 1. The largest absolute Gasteiger partial charge is 0.497 e. The van der Waals surface area contributed by atoms with Crippen molar-refractivity contribution < 1.29 is 28.7 Å². The first kappa shape index (κ1) is 28.9. The number of carbonyl (C=O) groups is 4. The maximum Gasteiger partial charge on any atom is 0.417 e. The molecule has 9 nitrogen and oxygen atoms in total. The van der Waals surface area contributed by atoms with Gasteiger partial charge in [-0.1, -0.05) is 43.2 Å². The Morgan fingerprint density at radius 2 is 1.90 bits per heavy atom. The predicted octanol–water partition coefficient (Wildman–Crippen LogP) is 4.64. The van der Waals surface area contributed by atoms with E-state index in [9.17, 15) is 19.2 Å². The molecule has 2 N–H and O–H groups in total. The van der Waals surface area contributed by atoms with Crippen LogP contribution in [-0.2, 0) is 32.0 Å². The van der Waals surface area contributed by atoms with E-state index in [4.69, 9.17) is 9.47 Å². The zero-order valence-corrected chi connectivity index (χ0v) is 23.3. The van der Waals surface area contributed by atoms with Gasteiger partial charge in [-0.25, -0.2) is 9.69 Å². The molecule has 9 heteroatoms. The molecule has 2 heterocycles. The molecule has 2 atom stereocenters. The zero-order chi connectivity index (χ0) is 28.6. The lowest BCUT2D eigenvalue weighted by atomic mass is 10.0. The number of H-pyrrole nitrogens is 1. The molecule has 3 aromatic rings. The molecule has 0 aliphatic carbocycles. The zero-order valence-electron chi connectivity index (χ0n) is 23.3. The smallest absolute Gasteiger partial charge is 0.417 e. The number of Topliss-reactive ketones (excluding diaryl/α,β-unsaturated/α-hetero) is 1. The van der Waals surface area contributed by atoms with Gasteiger partial charge in [0.1, 0.15) is 24.2 Å². The number of amides is 3. The van der Waals surface area contributed by atoms with E-state index in [2.05, 4.69) is 10.3 Å². The molecular weight excluding hydrogens is 510 g/mol. The standard InChI is InChI=1S/C31H37N3O6/c1-20(35)10-6-4-9-13-28(30(37)34-23(19-40-31(34)38)16-22-11-7-5-8-12-22)33-29(36)18-25-21(2)32-27-15-14-24(39-3)17-26(25)27/h5,7-8,11-12,14-15,17,23,28,32H,4,6,9-10,13,16,18-19H2,1-3H3,(H,33,36)/t23-,28-/m0/s1. The first-order chi connectivity index (χ1) is 19.3. The van der Waals surface area contributed by atoms with Crippen LogP contribution in [-0.4, -0.2) is 59.4 Å². The second-order valence-electron chi connectivity index (χ2n) is 10.4. The number of methoxy groups -OCH3 is 1. The maximum atomic E-state index is 13.8. The molecule has 1 aliphatic rings. The molecule has 212 valence electrons. The van der Waals surface area contributed by atoms with Crippen LogP contribution in [0, 0.1) is 6.92 Å². The van der Waals surface area contributed by atoms with Crippen molar-refractivity contribution in [2.75, 3.05) is 13.7 Å². The SMILES string of the molecule is COc1ccc2[nH]c(C)c(CC(=O)N[C@@H](CCCCCC(C)=O)C(=O)N3C(=O)OC[C@@H]3Cc3ccccc3)c2c1. The Hall–Kier alpha value is -4.14. The summed E-state index contributed by atoms with van der Waals surface area (Å²) >= 11 is 0. The van der Waals surface area contributed by atoms with E-state index in [1.54, 1.807) is 14.0 Å². The monoisotopic (exact) mass is 547 g/mol. The summed E-state index contributed by atoms with van der Waals surface area (Å²) < 4.78 is 10.6. The molecule has 0 spiro atoms. The van der Waals surface area contributed by atoms with Gasteiger partial charge in [0.15, 0.2) is 0 Å². The number of hydrogen-bond acceptors (Lipinski definition) is 6. The number of hydrogen-bond donors (Lipinski definition) is 2. The third-order valence-corrected chi connectivity index (χ3v) is 7.33. The van der Waals surface area contributed by atoms with Crippen LogP contribution in [0.2, 0.25) is 0 Å². The van der Waals surface area contributed by atoms with Gasteiger partial charge in [-0.05, 0) is 62.4 Å². The molecule has 40 heavy (non-hydrogen) atoms. The molecule has 0 bridgehead atoms. The first-order valence-electron chi connectivity index (χ1n) is 13.7. The number of aromatic nitrogens is 1. The number of nitrogens with one attached hydrogen (secondary N) is 2. The quantitative estimate of drug-likeness (QED) is 0.301. The average Bonchev–Trinajstić information content (AvgIpc) is 3.45. The van der Waals surface area contributed by atoms with E-state index in [0.717, 1.165) is 39.0 Å². The number of ketones is 1. The number of fused-ring (bicyclic) bond motifs is 1. The maximum absolute atomic E-state index is 13.8. The minimum absolute atomic E-state index is 0.0605. The molecule has 2 aromatic carbocycles. The van der Waals surface area contributed by atoms with Gasteiger partial charge in [-0.2, -0.15) is 0 Å². The summed E-state index contributed by atoms with van der Waals surface area (Å²) in [4.78, 5) is 55.6. The number of rotatable bonds is 13. The van der Waals surface area contributed by atoms with Crippen molar-refractivity contribution in [3.8, 4) is 5.75 Å². The average molecular weight is 548 g/mol. The Bertz CT molecular complexity index is 1370. The van der Waals surface area contributed by atoms with Gasteiger partial charge in [-0.15, -0.1) is 0 Å². The molecule has 4 rings (SSSR count). The third kappa shape index (κ3) is 7.08. The minimum atomic E-state index is -0.895. The van der Waals surface area contributed by atoms with Crippen LogP contribution in [0.4, 0.5) is 4.79 Å². The van der Waals surface area contributed by atoms with Crippen molar-refractivity contribution in [1.29, 1.82) is 0 Å². The fourth-order valence-electron chi connectivity index (χ4n) is 5.21. The molecule has 1 aliphatic heterocycles. The van der Waals surface area contributed by atoms with Crippen LogP contribution < -0.4 is 10.1 Å². The van der Waals surface area contributed by atoms with E-state index in [1.807, 2.05) is 55.5 Å². The van der Waals surface area contributed by atoms with Gasteiger partial charge in [0, 0.05) is 23.0 Å². The van der Waals surface area contributed by atoms with E-state index in [0.29, 0.717) is 37.9 Å². The van der Waals surface area contributed by atoms with Crippen LogP contribution in [0.15, 0.2) is 48.5 Å². The van der Waals surface area contributed by atoms with Crippen molar-refractivity contribution in [1.82, 2.24) is 15.2 Å². The molecule has 0 radical (unpaired) electrons. The topological polar surface area (TPSA) is 118 Å². The van der Waals surface area contributed by atoms with Crippen LogP contribution in [0.3, 0.4) is 0 Å². The summed E-state index contributed by atoms with van der Waals surface area (Å²) in [5, 5.41) is 3.79. The molecule has 1 aromatic heterocycles. The van der Waals surface area contributed by atoms with Crippen LogP contribution in [0.5, 0.6) is 5.75 Å². The normalized spacial score (nSPS) is 15.6. The number of unbranched alkanes of at least 4 members (excludes halogenated alkanes) is 2. The van der Waals surface area contributed by atoms with E-state index < -0.39 is 24.1 Å². The number of nitrogens with zero attached hydrogens (tertiary/aromatic N) is 1. The number of aromatic amines is 1. The minimum Gasteiger partial charge on any atom is -0.497 e. The Morgan fingerprint density at radius 1 is 1.12 bits per heavy atom. The van der Waals surface area contributed by atoms with Crippen LogP contribution in [0.25, 0.3) is 10.9 Å². The number of cyclic esters (lactones) is 1. The van der Waals surface area contributed by atoms with Gasteiger partial charge >= 0.3 is 6.09 Å². The highest BCUT2D eigenvalue weighted by Gasteiger charge is 2.41. The Kier molecular flexibility index (Phi) is 9.58. The summed E-state index contributed by atoms with van der Waals surface area (Å²) in [6.45, 7) is 3.57. The van der Waals surface area contributed by atoms with Gasteiger partial charge in [-0.3, -0.25) is 9.59 Å². The summed E-state index contributed by atoms with van der Waals surface area (Å²) in [6, 6.07) is 13.9. The Morgan fingerprint density at radius 3 is 2.62 bits per heavy atom. The first-order valence-corrected chi connectivity index (χ1v) is 13.7. The second kappa shape index (κ2) is 13.3. The fourth-order valence-corrected chi connectivity index (χ4v) is 5.21. The van der Waals surface area contributed by atoms with Crippen LogP contribution in [0.1, 0.15) is 55.8 Å². The number of carbonyl (C=O) groups excluding carboxylic acids is 4. The van der Waals surface area contributed by atoms with Crippen molar-refractivity contribution in [3.63, 3.8) is 0 Å². The van der Waals surface area contributed by atoms with Gasteiger partial charge in [0.05, 0.1) is 19.6 Å². The second-order valence-corrected chi connectivity index (χ2v) is 10.4. The lowest BCUT2D eigenvalue weighted by Crippen LogP contribution is -2.52. The molecular formula is C31H37N3O6. The highest BCUT2D eigenvalue weighted by molar-refractivity contribution is 5.99.